The number of hydrogen-bond acceptors (Lipinski definition) is 2. The zero-order valence-corrected chi connectivity index (χ0v) is 8.82. The highest BCUT2D eigenvalue weighted by Gasteiger charge is 2.17. The van der Waals surface area contributed by atoms with Gasteiger partial charge in [0, 0.05) is 22.3 Å². The fourth-order valence-electron chi connectivity index (χ4n) is 1.56. The van der Waals surface area contributed by atoms with Crippen molar-refractivity contribution in [2.24, 2.45) is 11.8 Å². The summed E-state index contributed by atoms with van der Waals surface area (Å²) in [7, 11) is -0.580. The van der Waals surface area contributed by atoms with Crippen molar-refractivity contribution in [3.63, 3.8) is 0 Å². The number of nitrogens with one attached hydrogen (secondary N) is 1. The molecule has 0 amide bonds. The van der Waals surface area contributed by atoms with Gasteiger partial charge in [0.2, 0.25) is 0 Å². The van der Waals surface area contributed by atoms with Crippen LogP contribution >= 0.6 is 0 Å². The summed E-state index contributed by atoms with van der Waals surface area (Å²) in [6.45, 7) is 6.45. The summed E-state index contributed by atoms with van der Waals surface area (Å²) in [6.07, 6.45) is 1.21. The standard InChI is InChI=1S/C9H19NOS/c1-8(2)6-12(11)7-9-3-4-10-5-9/h8-10H,3-7H2,1-2H3. The van der Waals surface area contributed by atoms with Gasteiger partial charge in [0.1, 0.15) is 0 Å². The van der Waals surface area contributed by atoms with Crippen molar-refractivity contribution in [2.75, 3.05) is 24.6 Å². The highest BCUT2D eigenvalue weighted by molar-refractivity contribution is 7.84. The Bertz CT molecular complexity index is 153. The van der Waals surface area contributed by atoms with Gasteiger partial charge >= 0.3 is 0 Å². The van der Waals surface area contributed by atoms with Crippen LogP contribution in [0.5, 0.6) is 0 Å². The Kier molecular flexibility index (Phi) is 4.22. The molecule has 2 nitrogen and oxygen atoms in total. The zero-order chi connectivity index (χ0) is 8.97. The molecule has 1 saturated heterocycles. The smallest absolute Gasteiger partial charge is 0.0275 e. The molecule has 0 spiro atoms. The summed E-state index contributed by atoms with van der Waals surface area (Å²) in [4.78, 5) is 0. The maximum atomic E-state index is 11.5. The topological polar surface area (TPSA) is 29.1 Å². The molecule has 12 heavy (non-hydrogen) atoms. The van der Waals surface area contributed by atoms with Crippen molar-refractivity contribution >= 4 is 10.8 Å². The first kappa shape index (κ1) is 10.2. The van der Waals surface area contributed by atoms with Crippen LogP contribution in [0.1, 0.15) is 20.3 Å². The molecule has 0 bridgehead atoms. The van der Waals surface area contributed by atoms with E-state index in [0.717, 1.165) is 24.6 Å². The fraction of sp³-hybridized carbons (Fsp3) is 1.00. The number of hydrogen-bond donors (Lipinski definition) is 1. The Morgan fingerprint density at radius 3 is 2.83 bits per heavy atom. The SMILES string of the molecule is CC(C)CS(=O)CC1CCNC1. The molecule has 0 radical (unpaired) electrons. The molecule has 0 aromatic rings. The van der Waals surface area contributed by atoms with Gasteiger partial charge in [-0.1, -0.05) is 13.8 Å². The Balaban J connectivity index is 2.16. The monoisotopic (exact) mass is 189 g/mol. The van der Waals surface area contributed by atoms with Gasteiger partial charge in [-0.05, 0) is 31.3 Å². The second-order valence-corrected chi connectivity index (χ2v) is 5.57. The van der Waals surface area contributed by atoms with E-state index in [0.29, 0.717) is 11.8 Å². The third-order valence-corrected chi connectivity index (χ3v) is 3.98. The third kappa shape index (κ3) is 3.68. The predicted octanol–water partition coefficient (Wildman–Crippen LogP) is 1.00. The summed E-state index contributed by atoms with van der Waals surface area (Å²) in [5, 5.41) is 3.30. The van der Waals surface area contributed by atoms with Gasteiger partial charge < -0.3 is 5.32 Å². The minimum atomic E-state index is -0.580. The van der Waals surface area contributed by atoms with Crippen LogP contribution in [0.3, 0.4) is 0 Å². The lowest BCUT2D eigenvalue weighted by Gasteiger charge is -2.09. The summed E-state index contributed by atoms with van der Waals surface area (Å²) in [6, 6.07) is 0. The van der Waals surface area contributed by atoms with E-state index in [1.807, 2.05) is 0 Å². The molecule has 0 aromatic carbocycles. The predicted molar refractivity (Wildman–Crippen MR) is 53.7 cm³/mol. The fourth-order valence-corrected chi connectivity index (χ4v) is 3.25. The van der Waals surface area contributed by atoms with Gasteiger partial charge in [-0.2, -0.15) is 0 Å². The van der Waals surface area contributed by atoms with Crippen LogP contribution < -0.4 is 5.32 Å². The highest BCUT2D eigenvalue weighted by atomic mass is 32.2. The third-order valence-electron chi connectivity index (χ3n) is 2.10. The van der Waals surface area contributed by atoms with Crippen molar-refractivity contribution in [3.05, 3.63) is 0 Å². The maximum absolute atomic E-state index is 11.5. The number of rotatable bonds is 4. The Hall–Kier alpha value is 0.110. The molecule has 2 unspecified atom stereocenters. The molecule has 1 aliphatic rings. The molecule has 72 valence electrons. The highest BCUT2D eigenvalue weighted by Crippen LogP contribution is 2.10. The van der Waals surface area contributed by atoms with Crippen LogP contribution in [-0.2, 0) is 10.8 Å². The Labute approximate surface area is 77.6 Å². The average Bonchev–Trinajstić information content (AvgIpc) is 2.37. The van der Waals surface area contributed by atoms with E-state index in [-0.39, 0.29) is 0 Å². The molecule has 2 atom stereocenters. The summed E-state index contributed by atoms with van der Waals surface area (Å²) in [5.41, 5.74) is 0. The van der Waals surface area contributed by atoms with Crippen molar-refractivity contribution < 1.29 is 4.21 Å². The Morgan fingerprint density at radius 1 is 1.58 bits per heavy atom. The van der Waals surface area contributed by atoms with Crippen LogP contribution in [0.25, 0.3) is 0 Å². The van der Waals surface area contributed by atoms with E-state index in [9.17, 15) is 4.21 Å². The first-order valence-corrected chi connectivity index (χ1v) is 6.23. The normalized spacial score (nSPS) is 26.4. The van der Waals surface area contributed by atoms with Gasteiger partial charge in [0.15, 0.2) is 0 Å². The molecule has 0 aromatic heterocycles. The van der Waals surface area contributed by atoms with E-state index < -0.39 is 10.8 Å². The molecule has 1 heterocycles. The lowest BCUT2D eigenvalue weighted by molar-refractivity contribution is 0.623. The van der Waals surface area contributed by atoms with Crippen molar-refractivity contribution in [1.29, 1.82) is 0 Å². The minimum Gasteiger partial charge on any atom is -0.316 e. The van der Waals surface area contributed by atoms with Crippen molar-refractivity contribution in [3.8, 4) is 0 Å². The van der Waals surface area contributed by atoms with Crippen molar-refractivity contribution in [1.82, 2.24) is 5.32 Å². The molecule has 0 saturated carbocycles. The van der Waals surface area contributed by atoms with Crippen LogP contribution in [0, 0.1) is 11.8 Å². The van der Waals surface area contributed by atoms with Crippen LogP contribution in [-0.4, -0.2) is 28.8 Å². The first-order chi connectivity index (χ1) is 5.68. The van der Waals surface area contributed by atoms with Gasteiger partial charge in [0.05, 0.1) is 0 Å². The van der Waals surface area contributed by atoms with Crippen LogP contribution in [0.15, 0.2) is 0 Å². The van der Waals surface area contributed by atoms with Gasteiger partial charge in [0.25, 0.3) is 0 Å². The van der Waals surface area contributed by atoms with E-state index in [1.165, 1.54) is 6.42 Å². The summed E-state index contributed by atoms with van der Waals surface area (Å²) in [5.74, 6) is 3.02. The van der Waals surface area contributed by atoms with Crippen LogP contribution in [0.2, 0.25) is 0 Å². The second kappa shape index (κ2) is 4.97. The lowest BCUT2D eigenvalue weighted by Crippen LogP contribution is -2.18. The van der Waals surface area contributed by atoms with E-state index in [4.69, 9.17) is 0 Å². The molecule has 1 aliphatic heterocycles. The summed E-state index contributed by atoms with van der Waals surface area (Å²) < 4.78 is 11.5. The first-order valence-electron chi connectivity index (χ1n) is 4.74. The minimum absolute atomic E-state index is 0.570. The molecular formula is C9H19NOS. The largest absolute Gasteiger partial charge is 0.316 e. The van der Waals surface area contributed by atoms with E-state index >= 15 is 0 Å². The van der Waals surface area contributed by atoms with E-state index in [2.05, 4.69) is 19.2 Å². The summed E-state index contributed by atoms with van der Waals surface area (Å²) >= 11 is 0. The molecular weight excluding hydrogens is 170 g/mol. The van der Waals surface area contributed by atoms with Gasteiger partial charge in [-0.15, -0.1) is 0 Å². The molecule has 1 fully saturated rings. The maximum Gasteiger partial charge on any atom is 0.0275 e. The zero-order valence-electron chi connectivity index (χ0n) is 8.01. The average molecular weight is 189 g/mol. The molecule has 3 heteroatoms. The van der Waals surface area contributed by atoms with Crippen molar-refractivity contribution in [2.45, 2.75) is 20.3 Å². The second-order valence-electron chi connectivity index (χ2n) is 4.03. The van der Waals surface area contributed by atoms with Gasteiger partial charge in [-0.3, -0.25) is 4.21 Å². The molecule has 1 rings (SSSR count). The Morgan fingerprint density at radius 2 is 2.33 bits per heavy atom. The quantitative estimate of drug-likeness (QED) is 0.715. The molecule has 1 N–H and O–H groups in total. The lowest BCUT2D eigenvalue weighted by atomic mass is 10.2. The molecule has 0 aliphatic carbocycles. The van der Waals surface area contributed by atoms with E-state index in [1.54, 1.807) is 0 Å². The van der Waals surface area contributed by atoms with Crippen LogP contribution in [0.4, 0.5) is 0 Å². The van der Waals surface area contributed by atoms with Gasteiger partial charge in [-0.25, -0.2) is 0 Å².